The molecule has 1 fully saturated rings. The van der Waals surface area contributed by atoms with Gasteiger partial charge in [-0.2, -0.15) is 13.2 Å². The molecule has 0 spiro atoms. The molecule has 8 nitrogen and oxygen atoms in total. The van der Waals surface area contributed by atoms with Crippen molar-refractivity contribution in [3.05, 3.63) is 38.4 Å². The van der Waals surface area contributed by atoms with Crippen molar-refractivity contribution < 1.29 is 13.2 Å². The van der Waals surface area contributed by atoms with Gasteiger partial charge in [0.2, 0.25) is 0 Å². The quantitative estimate of drug-likeness (QED) is 0.825. The number of hydrogen-bond donors (Lipinski definition) is 0. The number of alkyl halides is 3. The van der Waals surface area contributed by atoms with Crippen LogP contribution in [-0.4, -0.2) is 29.3 Å². The van der Waals surface area contributed by atoms with Crippen molar-refractivity contribution in [3.8, 4) is 0 Å². The van der Waals surface area contributed by atoms with Gasteiger partial charge in [-0.25, -0.2) is 9.48 Å². The van der Waals surface area contributed by atoms with Crippen LogP contribution in [0.3, 0.4) is 0 Å². The third kappa shape index (κ3) is 2.85. The molecule has 0 saturated heterocycles. The lowest BCUT2D eigenvalue weighted by Crippen LogP contribution is -2.44. The van der Waals surface area contributed by atoms with E-state index in [1.54, 1.807) is 13.8 Å². The lowest BCUT2D eigenvalue weighted by Gasteiger charge is -2.16. The molecular formula is C13H15F3N6O2. The Bertz CT molecular complexity index is 875. The molecule has 0 aromatic carbocycles. The van der Waals surface area contributed by atoms with Gasteiger partial charge in [-0.05, 0) is 37.1 Å². The molecule has 0 bridgehead atoms. The monoisotopic (exact) mass is 344 g/mol. The second-order valence-corrected chi connectivity index (χ2v) is 5.99. The summed E-state index contributed by atoms with van der Waals surface area (Å²) >= 11 is 0. The summed E-state index contributed by atoms with van der Waals surface area (Å²) in [5, 5.41) is 11.0. The summed E-state index contributed by atoms with van der Waals surface area (Å²) in [4.78, 5) is 24.6. The van der Waals surface area contributed by atoms with Crippen molar-refractivity contribution in [2.75, 3.05) is 0 Å². The minimum Gasteiger partial charge on any atom is -0.297 e. The largest absolute Gasteiger partial charge is 0.423 e. The first-order valence-electron chi connectivity index (χ1n) is 7.40. The maximum atomic E-state index is 13.1. The van der Waals surface area contributed by atoms with Crippen LogP contribution in [0.4, 0.5) is 13.2 Å². The molecule has 0 radical (unpaired) electrons. The maximum Gasteiger partial charge on any atom is 0.423 e. The van der Waals surface area contributed by atoms with Crippen molar-refractivity contribution in [3.63, 3.8) is 0 Å². The highest BCUT2D eigenvalue weighted by molar-refractivity contribution is 5.11. The Morgan fingerprint density at radius 1 is 1.29 bits per heavy atom. The molecule has 0 atom stereocenters. The Kier molecular flexibility index (Phi) is 3.80. The smallest absolute Gasteiger partial charge is 0.297 e. The summed E-state index contributed by atoms with van der Waals surface area (Å²) in [6, 6.07) is -0.464. The standard InChI is InChI=1S/C13H15F3N6O2/c1-7(2)20-5-9(13(14,15)16)11(23)21(12(20)24)6-10-17-18-19-22(10)8-3-4-8/h5,7-8H,3-4,6H2,1-2H3. The lowest BCUT2D eigenvalue weighted by molar-refractivity contribution is -0.139. The van der Waals surface area contributed by atoms with E-state index in [1.807, 2.05) is 0 Å². The molecule has 2 aromatic heterocycles. The predicted molar refractivity (Wildman–Crippen MR) is 75.5 cm³/mol. The van der Waals surface area contributed by atoms with Gasteiger partial charge in [0.25, 0.3) is 5.56 Å². The fraction of sp³-hybridized carbons (Fsp3) is 0.615. The van der Waals surface area contributed by atoms with E-state index >= 15 is 0 Å². The van der Waals surface area contributed by atoms with Crippen LogP contribution >= 0.6 is 0 Å². The average molecular weight is 344 g/mol. The van der Waals surface area contributed by atoms with E-state index in [4.69, 9.17) is 0 Å². The fourth-order valence-corrected chi connectivity index (χ4v) is 2.39. The van der Waals surface area contributed by atoms with Crippen LogP contribution in [-0.2, 0) is 12.7 Å². The van der Waals surface area contributed by atoms with Crippen LogP contribution in [0.25, 0.3) is 0 Å². The van der Waals surface area contributed by atoms with Gasteiger partial charge < -0.3 is 0 Å². The van der Waals surface area contributed by atoms with E-state index in [-0.39, 0.29) is 11.9 Å². The van der Waals surface area contributed by atoms with E-state index in [9.17, 15) is 22.8 Å². The fourth-order valence-electron chi connectivity index (χ4n) is 2.39. The van der Waals surface area contributed by atoms with Gasteiger partial charge in [0.05, 0.1) is 12.6 Å². The molecule has 2 aromatic rings. The van der Waals surface area contributed by atoms with Crippen molar-refractivity contribution in [1.29, 1.82) is 0 Å². The molecule has 0 unspecified atom stereocenters. The summed E-state index contributed by atoms with van der Waals surface area (Å²) in [7, 11) is 0. The van der Waals surface area contributed by atoms with Crippen molar-refractivity contribution in [1.82, 2.24) is 29.3 Å². The van der Waals surface area contributed by atoms with Crippen LogP contribution in [0.1, 0.15) is 50.2 Å². The van der Waals surface area contributed by atoms with Gasteiger partial charge in [-0.15, -0.1) is 5.10 Å². The molecule has 130 valence electrons. The van der Waals surface area contributed by atoms with Gasteiger partial charge in [0.15, 0.2) is 5.82 Å². The van der Waals surface area contributed by atoms with E-state index in [0.29, 0.717) is 10.8 Å². The molecule has 24 heavy (non-hydrogen) atoms. The second kappa shape index (κ2) is 5.56. The maximum absolute atomic E-state index is 13.1. The van der Waals surface area contributed by atoms with Gasteiger partial charge in [0.1, 0.15) is 5.56 Å². The summed E-state index contributed by atoms with van der Waals surface area (Å²) in [6.45, 7) is 2.72. The molecule has 1 aliphatic carbocycles. The van der Waals surface area contributed by atoms with Crippen molar-refractivity contribution in [2.24, 2.45) is 0 Å². The molecule has 0 aliphatic heterocycles. The van der Waals surface area contributed by atoms with Crippen LogP contribution in [0.5, 0.6) is 0 Å². The van der Waals surface area contributed by atoms with Gasteiger partial charge in [-0.3, -0.25) is 13.9 Å². The van der Waals surface area contributed by atoms with E-state index in [0.717, 1.165) is 17.4 Å². The molecule has 1 saturated carbocycles. The summed E-state index contributed by atoms with van der Waals surface area (Å²) in [6.07, 6.45) is -2.58. The van der Waals surface area contributed by atoms with Crippen LogP contribution < -0.4 is 11.2 Å². The molecule has 0 N–H and O–H groups in total. The Morgan fingerprint density at radius 3 is 2.50 bits per heavy atom. The zero-order valence-electron chi connectivity index (χ0n) is 13.0. The number of hydrogen-bond acceptors (Lipinski definition) is 5. The zero-order valence-corrected chi connectivity index (χ0v) is 13.0. The SMILES string of the molecule is CC(C)n1cc(C(F)(F)F)c(=O)n(Cc2nnnn2C2CC2)c1=O. The Hall–Kier alpha value is -2.46. The highest BCUT2D eigenvalue weighted by atomic mass is 19.4. The first kappa shape index (κ1) is 16.4. The molecule has 3 rings (SSSR count). The highest BCUT2D eigenvalue weighted by Gasteiger charge is 2.37. The number of rotatable bonds is 4. The predicted octanol–water partition coefficient (Wildman–Crippen LogP) is 0.979. The minimum atomic E-state index is -4.86. The summed E-state index contributed by atoms with van der Waals surface area (Å²) in [5.74, 6) is 0.186. The Morgan fingerprint density at radius 2 is 1.96 bits per heavy atom. The molecule has 0 amide bonds. The van der Waals surface area contributed by atoms with Crippen LogP contribution in [0.15, 0.2) is 15.8 Å². The summed E-state index contributed by atoms with van der Waals surface area (Å²) < 4.78 is 42.2. The first-order chi connectivity index (χ1) is 11.2. The van der Waals surface area contributed by atoms with Crippen LogP contribution in [0, 0.1) is 0 Å². The number of halogens is 3. The molecule has 1 aliphatic rings. The van der Waals surface area contributed by atoms with E-state index < -0.39 is 35.6 Å². The zero-order chi connectivity index (χ0) is 17.6. The number of aromatic nitrogens is 6. The molecular weight excluding hydrogens is 329 g/mol. The summed E-state index contributed by atoms with van der Waals surface area (Å²) in [5.41, 5.74) is -3.61. The lowest BCUT2D eigenvalue weighted by atomic mass is 10.3. The number of tetrazole rings is 1. The number of nitrogens with zero attached hydrogens (tertiary/aromatic N) is 6. The Labute approximate surface area is 133 Å². The average Bonchev–Trinajstić information content (AvgIpc) is 3.21. The highest BCUT2D eigenvalue weighted by Crippen LogP contribution is 2.34. The normalized spacial score (nSPS) is 15.2. The van der Waals surface area contributed by atoms with Gasteiger partial charge in [-0.1, -0.05) is 0 Å². The van der Waals surface area contributed by atoms with Crippen molar-refractivity contribution in [2.45, 2.75) is 51.5 Å². The Balaban J connectivity index is 2.15. The molecule has 11 heteroatoms. The van der Waals surface area contributed by atoms with E-state index in [2.05, 4.69) is 15.5 Å². The third-order valence-electron chi connectivity index (χ3n) is 3.81. The molecule has 2 heterocycles. The van der Waals surface area contributed by atoms with Gasteiger partial charge in [0, 0.05) is 12.2 Å². The van der Waals surface area contributed by atoms with Crippen LogP contribution in [0.2, 0.25) is 0 Å². The van der Waals surface area contributed by atoms with Gasteiger partial charge >= 0.3 is 11.9 Å². The van der Waals surface area contributed by atoms with E-state index in [1.165, 1.54) is 4.68 Å². The second-order valence-electron chi connectivity index (χ2n) is 5.99. The topological polar surface area (TPSA) is 87.6 Å². The minimum absolute atomic E-state index is 0.0730. The van der Waals surface area contributed by atoms with Crippen molar-refractivity contribution >= 4 is 0 Å². The third-order valence-corrected chi connectivity index (χ3v) is 3.81. The first-order valence-corrected chi connectivity index (χ1v) is 7.40.